The maximum atomic E-state index is 11.6. The maximum absolute atomic E-state index is 11.6. The molecule has 0 saturated carbocycles. The van der Waals surface area contributed by atoms with Gasteiger partial charge in [0.15, 0.2) is 0 Å². The molecule has 0 aliphatic carbocycles. The van der Waals surface area contributed by atoms with Crippen LogP contribution < -0.4 is 22.3 Å². The first-order chi connectivity index (χ1) is 8.61. The molecule has 102 valence electrons. The number of unbranched alkanes of at least 4 members (excludes halogenated alkanes) is 1. The zero-order chi connectivity index (χ0) is 13.5. The summed E-state index contributed by atoms with van der Waals surface area (Å²) in [6.07, 6.45) is 2.25. The van der Waals surface area contributed by atoms with Crippen LogP contribution in [0.2, 0.25) is 0 Å². The molecule has 7 heteroatoms. The number of rotatable bonds is 7. The highest BCUT2D eigenvalue weighted by Gasteiger charge is 2.11. The number of H-pyrrole nitrogens is 1. The Balaban J connectivity index is 3.02. The molecule has 0 aliphatic rings. The minimum atomic E-state index is -0.525. The van der Waals surface area contributed by atoms with E-state index in [1.165, 1.54) is 4.57 Å². The van der Waals surface area contributed by atoms with Gasteiger partial charge in [-0.1, -0.05) is 13.3 Å². The van der Waals surface area contributed by atoms with Crippen LogP contribution in [0.5, 0.6) is 0 Å². The van der Waals surface area contributed by atoms with E-state index < -0.39 is 11.2 Å². The summed E-state index contributed by atoms with van der Waals surface area (Å²) in [5.74, 6) is 0.148. The number of hydrogen-bond acceptors (Lipinski definition) is 5. The number of nitrogens with zero attached hydrogens (tertiary/aromatic N) is 1. The van der Waals surface area contributed by atoms with Crippen molar-refractivity contribution < 1.29 is 5.11 Å². The van der Waals surface area contributed by atoms with Gasteiger partial charge in [-0.05, 0) is 12.8 Å². The standard InChI is InChI=1S/C11H20N4O3/c1-2-3-6-15-9(12)8(13-5-4-7-16)10(17)14-11(15)18/h13,16H,2-7,12H2,1H3,(H,14,17,18). The van der Waals surface area contributed by atoms with Crippen molar-refractivity contribution in [3.8, 4) is 0 Å². The van der Waals surface area contributed by atoms with Crippen LogP contribution in [-0.4, -0.2) is 27.8 Å². The molecule has 0 fully saturated rings. The summed E-state index contributed by atoms with van der Waals surface area (Å²) < 4.78 is 1.35. The third-order valence-corrected chi connectivity index (χ3v) is 2.61. The van der Waals surface area contributed by atoms with E-state index in [0.717, 1.165) is 12.8 Å². The summed E-state index contributed by atoms with van der Waals surface area (Å²) in [7, 11) is 0. The van der Waals surface area contributed by atoms with Gasteiger partial charge in [0.25, 0.3) is 5.56 Å². The van der Waals surface area contributed by atoms with Gasteiger partial charge in [0, 0.05) is 19.7 Å². The fourth-order valence-corrected chi connectivity index (χ4v) is 1.59. The van der Waals surface area contributed by atoms with Crippen LogP contribution in [-0.2, 0) is 6.54 Å². The van der Waals surface area contributed by atoms with Crippen LogP contribution >= 0.6 is 0 Å². The Labute approximate surface area is 105 Å². The molecule has 0 spiro atoms. The minimum Gasteiger partial charge on any atom is -0.396 e. The second-order valence-electron chi connectivity index (χ2n) is 4.03. The van der Waals surface area contributed by atoms with Crippen molar-refractivity contribution in [3.05, 3.63) is 20.8 Å². The van der Waals surface area contributed by atoms with Crippen LogP contribution in [0, 0.1) is 0 Å². The molecule has 0 saturated heterocycles. The Hall–Kier alpha value is -1.76. The monoisotopic (exact) mass is 256 g/mol. The van der Waals surface area contributed by atoms with Gasteiger partial charge in [-0.25, -0.2) is 4.79 Å². The molecule has 5 N–H and O–H groups in total. The molecule has 0 aromatic carbocycles. The molecule has 0 unspecified atom stereocenters. The largest absolute Gasteiger partial charge is 0.396 e. The summed E-state index contributed by atoms with van der Waals surface area (Å²) in [6.45, 7) is 2.94. The highest BCUT2D eigenvalue weighted by molar-refractivity contribution is 5.60. The fourth-order valence-electron chi connectivity index (χ4n) is 1.59. The Morgan fingerprint density at radius 3 is 2.72 bits per heavy atom. The van der Waals surface area contributed by atoms with Crippen LogP contribution in [0.3, 0.4) is 0 Å². The number of hydrogen-bond donors (Lipinski definition) is 4. The number of aromatic amines is 1. The Kier molecular flexibility index (Phi) is 5.44. The van der Waals surface area contributed by atoms with Crippen molar-refractivity contribution in [2.75, 3.05) is 24.2 Å². The Bertz CT molecular complexity index is 492. The molecule has 0 radical (unpaired) electrons. The van der Waals surface area contributed by atoms with Crippen molar-refractivity contribution in [2.24, 2.45) is 0 Å². The summed E-state index contributed by atoms with van der Waals surface area (Å²) in [5, 5.41) is 11.5. The molecule has 0 bridgehead atoms. The molecular formula is C11H20N4O3. The predicted octanol–water partition coefficient (Wildman–Crippen LogP) is -0.287. The van der Waals surface area contributed by atoms with Gasteiger partial charge in [0.1, 0.15) is 11.5 Å². The highest BCUT2D eigenvalue weighted by atomic mass is 16.3. The van der Waals surface area contributed by atoms with Crippen molar-refractivity contribution in [1.82, 2.24) is 9.55 Å². The predicted molar refractivity (Wildman–Crippen MR) is 70.8 cm³/mol. The normalized spacial score (nSPS) is 10.6. The molecule has 1 heterocycles. The van der Waals surface area contributed by atoms with Gasteiger partial charge in [-0.3, -0.25) is 14.3 Å². The number of anilines is 2. The van der Waals surface area contributed by atoms with Gasteiger partial charge in [-0.15, -0.1) is 0 Å². The van der Waals surface area contributed by atoms with E-state index in [4.69, 9.17) is 10.8 Å². The maximum Gasteiger partial charge on any atom is 0.330 e. The summed E-state index contributed by atoms with van der Waals surface area (Å²) >= 11 is 0. The fraction of sp³-hybridized carbons (Fsp3) is 0.636. The van der Waals surface area contributed by atoms with Crippen molar-refractivity contribution in [2.45, 2.75) is 32.7 Å². The molecule has 1 rings (SSSR count). The average molecular weight is 256 g/mol. The van der Waals surface area contributed by atoms with Gasteiger partial charge >= 0.3 is 5.69 Å². The topological polar surface area (TPSA) is 113 Å². The first-order valence-electron chi connectivity index (χ1n) is 6.09. The lowest BCUT2D eigenvalue weighted by molar-refractivity contribution is 0.292. The molecule has 0 aliphatic heterocycles. The first-order valence-corrected chi connectivity index (χ1v) is 6.09. The number of nitrogens with two attached hydrogens (primary N) is 1. The zero-order valence-corrected chi connectivity index (χ0v) is 10.5. The Morgan fingerprint density at radius 1 is 1.39 bits per heavy atom. The van der Waals surface area contributed by atoms with E-state index in [9.17, 15) is 9.59 Å². The highest BCUT2D eigenvalue weighted by Crippen LogP contribution is 2.10. The molecule has 7 nitrogen and oxygen atoms in total. The van der Waals surface area contributed by atoms with Crippen LogP contribution in [0.25, 0.3) is 0 Å². The van der Waals surface area contributed by atoms with E-state index in [0.29, 0.717) is 19.5 Å². The molecule has 1 aromatic rings. The van der Waals surface area contributed by atoms with Crippen LogP contribution in [0.1, 0.15) is 26.2 Å². The molecule has 0 amide bonds. The number of aromatic nitrogens is 2. The Morgan fingerprint density at radius 2 is 2.11 bits per heavy atom. The number of aliphatic hydroxyl groups is 1. The van der Waals surface area contributed by atoms with E-state index in [-0.39, 0.29) is 18.1 Å². The zero-order valence-electron chi connectivity index (χ0n) is 10.5. The van der Waals surface area contributed by atoms with Gasteiger partial charge < -0.3 is 16.2 Å². The second-order valence-corrected chi connectivity index (χ2v) is 4.03. The quantitative estimate of drug-likeness (QED) is 0.501. The van der Waals surface area contributed by atoms with Crippen LogP contribution in [0.15, 0.2) is 9.59 Å². The van der Waals surface area contributed by atoms with Crippen molar-refractivity contribution in [1.29, 1.82) is 0 Å². The van der Waals surface area contributed by atoms with Crippen molar-refractivity contribution in [3.63, 3.8) is 0 Å². The van der Waals surface area contributed by atoms with Gasteiger partial charge in [-0.2, -0.15) is 0 Å². The summed E-state index contributed by atoms with van der Waals surface area (Å²) in [6, 6.07) is 0. The molecule has 1 aromatic heterocycles. The average Bonchev–Trinajstić information content (AvgIpc) is 2.33. The third-order valence-electron chi connectivity index (χ3n) is 2.61. The van der Waals surface area contributed by atoms with E-state index in [1.807, 2.05) is 6.92 Å². The van der Waals surface area contributed by atoms with Gasteiger partial charge in [0.05, 0.1) is 0 Å². The van der Waals surface area contributed by atoms with E-state index >= 15 is 0 Å². The lowest BCUT2D eigenvalue weighted by atomic mass is 10.3. The number of aliphatic hydroxyl groups excluding tert-OH is 1. The molecular weight excluding hydrogens is 236 g/mol. The first kappa shape index (κ1) is 14.3. The molecule has 0 atom stereocenters. The smallest absolute Gasteiger partial charge is 0.330 e. The number of nitrogen functional groups attached to an aromatic ring is 1. The summed E-state index contributed by atoms with van der Waals surface area (Å²) in [4.78, 5) is 25.4. The van der Waals surface area contributed by atoms with E-state index in [1.54, 1.807) is 0 Å². The van der Waals surface area contributed by atoms with E-state index in [2.05, 4.69) is 10.3 Å². The third kappa shape index (κ3) is 3.36. The molecule has 18 heavy (non-hydrogen) atoms. The lowest BCUT2D eigenvalue weighted by Gasteiger charge is -2.13. The summed E-state index contributed by atoms with van der Waals surface area (Å²) in [5.41, 5.74) is 5.01. The number of nitrogens with one attached hydrogen (secondary N) is 2. The second kappa shape index (κ2) is 6.85. The SMILES string of the molecule is CCCCn1c(N)c(NCCCO)c(=O)[nH]c1=O. The van der Waals surface area contributed by atoms with Crippen LogP contribution in [0.4, 0.5) is 11.5 Å². The lowest BCUT2D eigenvalue weighted by Crippen LogP contribution is -2.34. The van der Waals surface area contributed by atoms with Crippen molar-refractivity contribution >= 4 is 11.5 Å². The minimum absolute atomic E-state index is 0.0281. The van der Waals surface area contributed by atoms with Gasteiger partial charge in [0.2, 0.25) is 0 Å².